The summed E-state index contributed by atoms with van der Waals surface area (Å²) in [5.41, 5.74) is 5.01. The van der Waals surface area contributed by atoms with Crippen LogP contribution in [0.1, 0.15) is 52.4 Å². The van der Waals surface area contributed by atoms with Crippen LogP contribution in [0.2, 0.25) is 0 Å². The van der Waals surface area contributed by atoms with E-state index in [0.717, 1.165) is 37.7 Å². The number of nitrogens with two attached hydrogens (primary N) is 1. The summed E-state index contributed by atoms with van der Waals surface area (Å²) >= 11 is 6.45. The third-order valence-corrected chi connectivity index (χ3v) is 5.03. The summed E-state index contributed by atoms with van der Waals surface area (Å²) in [6.45, 7) is 4.14. The molecule has 0 unspecified atom stereocenters. The number of carbonyl (C=O) groups is 1. The van der Waals surface area contributed by atoms with Crippen LogP contribution in [0.4, 0.5) is 0 Å². The number of carbonyl (C=O) groups excluding carboxylic acids is 1. The Bertz CT molecular complexity index is 501. The Hall–Kier alpha value is -1.52. The Kier molecular flexibility index (Phi) is 6.91. The average Bonchev–Trinajstić information content (AvgIpc) is 2.51. The summed E-state index contributed by atoms with van der Waals surface area (Å²) in [5, 5.41) is 18.6. The van der Waals surface area contributed by atoms with Crippen LogP contribution in [0.5, 0.6) is 0 Å². The summed E-state index contributed by atoms with van der Waals surface area (Å²) in [5.74, 6) is -1.91. The van der Waals surface area contributed by atoms with Gasteiger partial charge in [0.15, 0.2) is 5.41 Å². The van der Waals surface area contributed by atoms with Gasteiger partial charge in [-0.05, 0) is 19.3 Å². The number of halogens is 1. The summed E-state index contributed by atoms with van der Waals surface area (Å²) in [4.78, 5) is 11.9. The first kappa shape index (κ1) is 18.5. The Labute approximate surface area is 137 Å². The minimum atomic E-state index is -1.46. The first-order chi connectivity index (χ1) is 10.5. The normalized spacial score (nSPS) is 26.6. The second-order valence-corrected chi connectivity index (χ2v) is 6.44. The van der Waals surface area contributed by atoms with Crippen molar-refractivity contribution >= 4 is 17.5 Å². The molecule has 0 fully saturated rings. The van der Waals surface area contributed by atoms with E-state index in [9.17, 15) is 15.3 Å². The zero-order valence-corrected chi connectivity index (χ0v) is 14.1. The molecule has 120 valence electrons. The smallest absolute Gasteiger partial charge is 0.225 e. The van der Waals surface area contributed by atoms with Crippen molar-refractivity contribution in [3.63, 3.8) is 0 Å². The lowest BCUT2D eigenvalue weighted by Crippen LogP contribution is -2.50. The van der Waals surface area contributed by atoms with Crippen LogP contribution < -0.4 is 5.73 Å². The van der Waals surface area contributed by atoms with Gasteiger partial charge in [0.1, 0.15) is 0 Å². The molecule has 0 aromatic heterocycles. The third kappa shape index (κ3) is 3.45. The number of hydrogen-bond acceptors (Lipinski definition) is 3. The van der Waals surface area contributed by atoms with Crippen LogP contribution in [-0.2, 0) is 4.79 Å². The molecule has 0 aliphatic heterocycles. The fraction of sp³-hybridized carbons (Fsp3) is 0.706. The number of hydrogen-bond donors (Lipinski definition) is 1. The number of primary amides is 1. The van der Waals surface area contributed by atoms with Gasteiger partial charge >= 0.3 is 0 Å². The van der Waals surface area contributed by atoms with Crippen molar-refractivity contribution in [2.24, 2.45) is 23.0 Å². The lowest BCUT2D eigenvalue weighted by Gasteiger charge is -2.40. The highest BCUT2D eigenvalue weighted by Gasteiger charge is 2.54. The second-order valence-electron chi connectivity index (χ2n) is 5.97. The van der Waals surface area contributed by atoms with E-state index in [1.54, 1.807) is 0 Å². The van der Waals surface area contributed by atoms with Gasteiger partial charge in [-0.15, -0.1) is 11.6 Å². The maximum absolute atomic E-state index is 11.9. The number of nitriles is 2. The number of nitrogens with zero attached hydrogens (tertiary/aromatic N) is 2. The molecule has 3 atom stereocenters. The van der Waals surface area contributed by atoms with Gasteiger partial charge < -0.3 is 5.73 Å². The van der Waals surface area contributed by atoms with Gasteiger partial charge in [-0.25, -0.2) is 0 Å². The molecular weight excluding hydrogens is 298 g/mol. The van der Waals surface area contributed by atoms with Crippen LogP contribution in [0, 0.1) is 39.9 Å². The topological polar surface area (TPSA) is 90.7 Å². The molecule has 0 aromatic rings. The van der Waals surface area contributed by atoms with Crippen LogP contribution in [0.25, 0.3) is 0 Å². The van der Waals surface area contributed by atoms with Gasteiger partial charge in [-0.2, -0.15) is 10.5 Å². The summed E-state index contributed by atoms with van der Waals surface area (Å²) in [6.07, 6.45) is 7.29. The number of alkyl halides is 1. The molecule has 1 rings (SSSR count). The number of amides is 1. The van der Waals surface area contributed by atoms with Crippen LogP contribution in [0.15, 0.2) is 11.6 Å². The molecule has 22 heavy (non-hydrogen) atoms. The molecule has 1 aliphatic rings. The Morgan fingerprint density at radius 2 is 1.91 bits per heavy atom. The predicted molar refractivity (Wildman–Crippen MR) is 86.6 cm³/mol. The monoisotopic (exact) mass is 321 g/mol. The minimum absolute atomic E-state index is 0.290. The van der Waals surface area contributed by atoms with Crippen molar-refractivity contribution in [2.75, 3.05) is 0 Å². The molecule has 4 nitrogen and oxygen atoms in total. The van der Waals surface area contributed by atoms with Crippen molar-refractivity contribution in [1.82, 2.24) is 0 Å². The average molecular weight is 322 g/mol. The molecule has 5 heteroatoms. The largest absolute Gasteiger partial charge is 0.369 e. The van der Waals surface area contributed by atoms with Gasteiger partial charge in [0, 0.05) is 5.92 Å². The third-order valence-electron chi connectivity index (χ3n) is 4.50. The van der Waals surface area contributed by atoms with E-state index in [4.69, 9.17) is 17.3 Å². The van der Waals surface area contributed by atoms with E-state index in [1.807, 2.05) is 6.08 Å². The van der Waals surface area contributed by atoms with Crippen molar-refractivity contribution < 1.29 is 4.79 Å². The first-order valence-corrected chi connectivity index (χ1v) is 8.38. The summed E-state index contributed by atoms with van der Waals surface area (Å²) in [7, 11) is 0. The van der Waals surface area contributed by atoms with E-state index < -0.39 is 22.6 Å². The van der Waals surface area contributed by atoms with Gasteiger partial charge in [0.2, 0.25) is 5.91 Å². The molecule has 0 heterocycles. The molecule has 0 saturated carbocycles. The fourth-order valence-corrected chi connectivity index (χ4v) is 3.70. The van der Waals surface area contributed by atoms with Crippen molar-refractivity contribution in [2.45, 2.75) is 57.7 Å². The molecule has 0 radical (unpaired) electrons. The highest BCUT2D eigenvalue weighted by molar-refractivity contribution is 6.24. The van der Waals surface area contributed by atoms with Crippen LogP contribution >= 0.6 is 11.6 Å². The first-order valence-electron chi connectivity index (χ1n) is 7.94. The molecular formula is C17H24ClN3O. The lowest BCUT2D eigenvalue weighted by atomic mass is 9.60. The summed E-state index contributed by atoms with van der Waals surface area (Å²) < 4.78 is 0. The zero-order valence-electron chi connectivity index (χ0n) is 13.3. The lowest BCUT2D eigenvalue weighted by molar-refractivity contribution is -0.124. The van der Waals surface area contributed by atoms with Crippen molar-refractivity contribution in [3.8, 4) is 12.1 Å². The van der Waals surface area contributed by atoms with Crippen molar-refractivity contribution in [3.05, 3.63) is 11.6 Å². The zero-order chi connectivity index (χ0) is 16.8. The summed E-state index contributed by atoms with van der Waals surface area (Å²) in [6, 6.07) is 4.15. The quantitative estimate of drug-likeness (QED) is 0.573. The molecule has 0 saturated heterocycles. The molecule has 0 aromatic carbocycles. The van der Waals surface area contributed by atoms with Gasteiger partial charge in [-0.3, -0.25) is 4.79 Å². The van der Waals surface area contributed by atoms with Crippen LogP contribution in [-0.4, -0.2) is 11.3 Å². The van der Waals surface area contributed by atoms with Gasteiger partial charge in [0.05, 0.1) is 23.4 Å². The van der Waals surface area contributed by atoms with Gasteiger partial charge in [-0.1, -0.05) is 44.8 Å². The second kappa shape index (κ2) is 8.20. The number of rotatable bonds is 7. The molecule has 0 spiro atoms. The van der Waals surface area contributed by atoms with E-state index in [-0.39, 0.29) is 5.92 Å². The minimum Gasteiger partial charge on any atom is -0.369 e. The highest BCUT2D eigenvalue weighted by Crippen LogP contribution is 2.48. The predicted octanol–water partition coefficient (Wildman–Crippen LogP) is 3.67. The van der Waals surface area contributed by atoms with E-state index in [0.29, 0.717) is 6.42 Å². The van der Waals surface area contributed by atoms with Crippen molar-refractivity contribution in [1.29, 1.82) is 10.5 Å². The van der Waals surface area contributed by atoms with E-state index >= 15 is 0 Å². The number of unbranched alkanes of at least 4 members (excludes halogenated alkanes) is 2. The Morgan fingerprint density at radius 1 is 1.32 bits per heavy atom. The maximum atomic E-state index is 11.9. The molecule has 0 bridgehead atoms. The van der Waals surface area contributed by atoms with E-state index in [2.05, 4.69) is 26.0 Å². The molecule has 1 amide bonds. The molecule has 2 N–H and O–H groups in total. The molecule has 1 aliphatic carbocycles. The highest BCUT2D eigenvalue weighted by atomic mass is 35.5. The maximum Gasteiger partial charge on any atom is 0.225 e. The fourth-order valence-electron chi connectivity index (χ4n) is 3.19. The Morgan fingerprint density at radius 3 is 2.36 bits per heavy atom. The SMILES string of the molecule is CCCCC1=C[C@@H](CCCC)C(C#N)(C#N)[C@@H](C(N)=O)[C@@H]1Cl. The van der Waals surface area contributed by atoms with Gasteiger partial charge in [0.25, 0.3) is 0 Å². The number of allylic oxidation sites excluding steroid dienone is 2. The Balaban J connectivity index is 3.33. The standard InChI is InChI=1S/C17H24ClN3O/c1-3-5-7-12-9-13(8-6-4-2)17(10-19,11-20)14(15(12)18)16(21)22/h9,13-15H,3-8H2,1-2H3,(H2,21,22)/t13-,14-,15-/m1/s1. The van der Waals surface area contributed by atoms with E-state index in [1.165, 1.54) is 0 Å². The van der Waals surface area contributed by atoms with Crippen LogP contribution in [0.3, 0.4) is 0 Å².